The number of nitrogen functional groups attached to an aromatic ring is 1. The molecule has 0 saturated carbocycles. The van der Waals surface area contributed by atoms with E-state index in [1.165, 1.54) is 70.3 Å². The number of allylic oxidation sites excluding steroid dienone is 10. The number of aromatic nitrogens is 2. The predicted octanol–water partition coefficient (Wildman–Crippen LogP) is 10.5. The number of aliphatic hydroxyl groups is 3. The monoisotopic (exact) mass is 1100 g/mol. The molecular formula is C54H89N3O16P2. The van der Waals surface area contributed by atoms with Crippen LogP contribution < -0.4 is 11.4 Å². The van der Waals surface area contributed by atoms with Crippen molar-refractivity contribution in [2.24, 2.45) is 5.92 Å². The summed E-state index contributed by atoms with van der Waals surface area (Å²) in [6.07, 6.45) is 37.4. The van der Waals surface area contributed by atoms with Crippen molar-refractivity contribution in [3.63, 3.8) is 0 Å². The molecule has 3 unspecified atom stereocenters. The molecule has 0 radical (unpaired) electrons. The summed E-state index contributed by atoms with van der Waals surface area (Å²) in [5.41, 5.74) is 4.58. The maximum Gasteiger partial charge on any atom is 0.481 e. The van der Waals surface area contributed by atoms with Gasteiger partial charge >= 0.3 is 33.3 Å². The third-order valence-electron chi connectivity index (χ3n) is 11.8. The van der Waals surface area contributed by atoms with Crippen LogP contribution in [0, 0.1) is 5.92 Å². The van der Waals surface area contributed by atoms with Gasteiger partial charge in [0.1, 0.15) is 30.7 Å². The third kappa shape index (κ3) is 33.8. The Balaban J connectivity index is 1.83. The number of hydrogen-bond donors (Lipinski definition) is 6. The summed E-state index contributed by atoms with van der Waals surface area (Å²) in [5.74, 6) is -0.642. The van der Waals surface area contributed by atoms with Gasteiger partial charge in [-0.05, 0) is 56.9 Å². The number of esters is 2. The predicted molar refractivity (Wildman–Crippen MR) is 290 cm³/mol. The molecule has 0 bridgehead atoms. The Kier molecular flexibility index (Phi) is 36.2. The lowest BCUT2D eigenvalue weighted by molar-refractivity contribution is -0.161. The number of unbranched alkanes of at least 4 members (excludes halogenated alkanes) is 13. The minimum Gasteiger partial charge on any atom is -0.462 e. The van der Waals surface area contributed by atoms with Gasteiger partial charge in [0.05, 0.1) is 19.3 Å². The van der Waals surface area contributed by atoms with Crippen molar-refractivity contribution in [1.82, 2.24) is 9.55 Å². The Hall–Kier alpha value is -3.84. The van der Waals surface area contributed by atoms with Crippen molar-refractivity contribution in [2.45, 2.75) is 205 Å². The van der Waals surface area contributed by atoms with Crippen LogP contribution in [0.2, 0.25) is 0 Å². The molecule has 7 N–H and O–H groups in total. The Morgan fingerprint density at radius 2 is 1.32 bits per heavy atom. The van der Waals surface area contributed by atoms with Gasteiger partial charge in [-0.3, -0.25) is 23.2 Å². The van der Waals surface area contributed by atoms with Crippen LogP contribution in [0.3, 0.4) is 0 Å². The maximum atomic E-state index is 12.9. The average Bonchev–Trinajstić information content (AvgIpc) is 3.63. The normalized spacial score (nSPS) is 19.9. The smallest absolute Gasteiger partial charge is 0.462 e. The minimum absolute atomic E-state index is 0.100. The molecule has 1 aromatic heterocycles. The van der Waals surface area contributed by atoms with Crippen LogP contribution in [0.5, 0.6) is 0 Å². The van der Waals surface area contributed by atoms with Gasteiger partial charge in [-0.15, -0.1) is 0 Å². The van der Waals surface area contributed by atoms with Crippen LogP contribution in [0.1, 0.15) is 175 Å². The molecule has 1 aliphatic heterocycles. The van der Waals surface area contributed by atoms with Crippen molar-refractivity contribution in [3.05, 3.63) is 95.7 Å². The van der Waals surface area contributed by atoms with E-state index in [4.69, 9.17) is 29.0 Å². The van der Waals surface area contributed by atoms with Gasteiger partial charge in [-0.1, -0.05) is 184 Å². The number of nitrogens with two attached hydrogens (primary N) is 1. The molecule has 1 aromatic rings. The van der Waals surface area contributed by atoms with E-state index in [9.17, 15) is 48.6 Å². The highest BCUT2D eigenvalue weighted by atomic mass is 31.3. The number of nitrogens with zero attached hydrogens (tertiary/aromatic N) is 2. The summed E-state index contributed by atoms with van der Waals surface area (Å²) in [7, 11) is -10.9. The van der Waals surface area contributed by atoms with Crippen LogP contribution in [-0.4, -0.2) is 96.9 Å². The Morgan fingerprint density at radius 3 is 1.95 bits per heavy atom. The van der Waals surface area contributed by atoms with Gasteiger partial charge in [-0.2, -0.15) is 9.29 Å². The van der Waals surface area contributed by atoms with Crippen LogP contribution in [0.15, 0.2) is 90.0 Å². The number of phosphoric acid groups is 2. The van der Waals surface area contributed by atoms with E-state index >= 15 is 0 Å². The largest absolute Gasteiger partial charge is 0.481 e. The Labute approximate surface area is 445 Å². The molecule has 0 spiro atoms. The molecule has 2 heterocycles. The van der Waals surface area contributed by atoms with Gasteiger partial charge < -0.3 is 45.1 Å². The first kappa shape index (κ1) is 67.3. The van der Waals surface area contributed by atoms with Crippen molar-refractivity contribution in [2.75, 3.05) is 25.6 Å². The van der Waals surface area contributed by atoms with E-state index < -0.39 is 89.8 Å². The maximum absolute atomic E-state index is 12.9. The summed E-state index contributed by atoms with van der Waals surface area (Å²) in [5, 5.41) is 31.0. The molecule has 2 rings (SSSR count). The number of hydrogen-bond acceptors (Lipinski definition) is 16. The van der Waals surface area contributed by atoms with Gasteiger partial charge in [0.25, 0.3) is 0 Å². The Morgan fingerprint density at radius 1 is 0.747 bits per heavy atom. The fraction of sp³-hybridized carbons (Fsp3) is 0.667. The van der Waals surface area contributed by atoms with E-state index in [2.05, 4.69) is 42.2 Å². The lowest BCUT2D eigenvalue weighted by Crippen LogP contribution is -2.36. The summed E-state index contributed by atoms with van der Waals surface area (Å²) >= 11 is 0. The zero-order chi connectivity index (χ0) is 55.2. The SMILES string of the molecule is CC/C=C\C/C=C\CC(O)/C=C/C=C\C/C=C\C/C=C\CCC(=O)O[C@H](COC(=O)CCCCCCCCCCCCCCCCC(C)C)COP(=O)(O)OP(=O)(O)OC[C@H]1O[C@@H](n2ccc(N)nc2=O)[C@H](O)[C@@H]1O. The highest BCUT2D eigenvalue weighted by molar-refractivity contribution is 7.61. The van der Waals surface area contributed by atoms with E-state index in [0.29, 0.717) is 25.7 Å². The van der Waals surface area contributed by atoms with Gasteiger partial charge in [0, 0.05) is 19.0 Å². The summed E-state index contributed by atoms with van der Waals surface area (Å²) in [6.45, 7) is 4.23. The topological polar surface area (TPSA) is 286 Å². The third-order valence-corrected chi connectivity index (χ3v) is 14.4. The molecule has 426 valence electrons. The number of carbonyl (C=O) groups is 2. The molecular weight excluding hydrogens is 1010 g/mol. The van der Waals surface area contributed by atoms with E-state index in [0.717, 1.165) is 55.2 Å². The van der Waals surface area contributed by atoms with Crippen LogP contribution in [-0.2, 0) is 46.3 Å². The number of aliphatic hydroxyl groups excluding tert-OH is 3. The van der Waals surface area contributed by atoms with E-state index in [1.54, 1.807) is 12.2 Å². The lowest BCUT2D eigenvalue weighted by atomic mass is 10.0. The number of ether oxygens (including phenoxy) is 3. The quantitative estimate of drug-likeness (QED) is 0.0116. The highest BCUT2D eigenvalue weighted by Crippen LogP contribution is 2.60. The average molecular weight is 1100 g/mol. The van der Waals surface area contributed by atoms with Crippen molar-refractivity contribution >= 4 is 33.4 Å². The van der Waals surface area contributed by atoms with Crippen LogP contribution >= 0.6 is 15.6 Å². The first-order valence-electron chi connectivity index (χ1n) is 26.9. The van der Waals surface area contributed by atoms with E-state index in [1.807, 2.05) is 48.6 Å². The second-order valence-corrected chi connectivity index (χ2v) is 22.1. The first-order valence-corrected chi connectivity index (χ1v) is 29.9. The van der Waals surface area contributed by atoms with Gasteiger partial charge in [-0.25, -0.2) is 13.9 Å². The summed E-state index contributed by atoms with van der Waals surface area (Å²) < 4.78 is 56.7. The molecule has 19 nitrogen and oxygen atoms in total. The van der Waals surface area contributed by atoms with E-state index in [-0.39, 0.29) is 25.1 Å². The number of rotatable bonds is 43. The Bertz CT molecular complexity index is 2070. The lowest BCUT2D eigenvalue weighted by Gasteiger charge is -2.21. The summed E-state index contributed by atoms with van der Waals surface area (Å²) in [6, 6.07) is 1.24. The van der Waals surface area contributed by atoms with Gasteiger partial charge in [0.15, 0.2) is 12.3 Å². The summed E-state index contributed by atoms with van der Waals surface area (Å²) in [4.78, 5) is 62.0. The molecule has 21 heteroatoms. The van der Waals surface area contributed by atoms with Crippen molar-refractivity contribution in [1.29, 1.82) is 0 Å². The number of phosphoric ester groups is 2. The zero-order valence-corrected chi connectivity index (χ0v) is 46.4. The van der Waals surface area contributed by atoms with Crippen LogP contribution in [0.4, 0.5) is 5.82 Å². The zero-order valence-electron chi connectivity index (χ0n) is 44.6. The first-order chi connectivity index (χ1) is 35.9. The molecule has 1 saturated heterocycles. The second kappa shape index (κ2) is 40.4. The molecule has 8 atom stereocenters. The van der Waals surface area contributed by atoms with Crippen molar-refractivity contribution in [3.8, 4) is 0 Å². The minimum atomic E-state index is -5.45. The number of anilines is 1. The highest BCUT2D eigenvalue weighted by Gasteiger charge is 2.46. The van der Waals surface area contributed by atoms with Gasteiger partial charge in [0.2, 0.25) is 0 Å². The molecule has 1 aliphatic rings. The molecule has 0 aromatic carbocycles. The molecule has 1 fully saturated rings. The fourth-order valence-corrected chi connectivity index (χ4v) is 9.78. The fourth-order valence-electron chi connectivity index (χ4n) is 7.67. The molecule has 0 aliphatic carbocycles. The molecule has 0 amide bonds. The number of carbonyl (C=O) groups excluding carboxylic acids is 2. The second-order valence-electron chi connectivity index (χ2n) is 19.0. The standard InChI is InChI=1S/C54H89N3O16P2/c1-4-5-6-7-25-30-35-45(58)36-31-26-21-17-14-15-19-23-28-33-38-50(60)71-46(41-68-49(59)37-32-27-22-18-13-11-9-8-10-12-16-20-24-29-34-44(2)3)42-69-74(64,65)73-75(66,67)70-43-47-51(61)52(62)53(72-47)57-40-39-48(55)56-54(57)63/h5-6,14-15,21,23,25-26,28,30-31,36,39-40,44-47,51-53,58,61-62H,4,7-13,16-20,22,24,27,29,32-35,37-38,41-43H2,1-3H3,(H,64,65)(H,66,67)(H2,55,56,63)/b6-5-,15-14-,26-21-,28-23-,30-25-,36-31+/t45?,46-,47-,51-,52-,53-/m1/s1. The van der Waals surface area contributed by atoms with Crippen molar-refractivity contribution < 1.29 is 71.4 Å². The molecule has 75 heavy (non-hydrogen) atoms. The van der Waals surface area contributed by atoms with Crippen LogP contribution in [0.25, 0.3) is 0 Å².